The molecule has 0 aromatic rings. The maximum absolute atomic E-state index is 11.1. The van der Waals surface area contributed by atoms with Crippen LogP contribution in [0.1, 0.15) is 32.1 Å². The number of unbranched alkanes of at least 4 members (excludes halogenated alkanes) is 2. The standard InChI is InChI=1S/C11H22N2O2/c1-15-9-4-2-3-7-13-8-5-6-10(13)11(12)14/h10H,2-9H2,1H3,(H2,12,14). The number of nitrogens with two attached hydrogens (primary N) is 1. The van der Waals surface area contributed by atoms with Crippen LogP contribution in [0.15, 0.2) is 0 Å². The number of nitrogens with zero attached hydrogens (tertiary/aromatic N) is 1. The summed E-state index contributed by atoms with van der Waals surface area (Å²) >= 11 is 0. The summed E-state index contributed by atoms with van der Waals surface area (Å²) < 4.78 is 4.99. The van der Waals surface area contributed by atoms with Crippen molar-refractivity contribution in [1.82, 2.24) is 4.90 Å². The quantitative estimate of drug-likeness (QED) is 0.636. The molecule has 4 heteroatoms. The van der Waals surface area contributed by atoms with E-state index in [4.69, 9.17) is 10.5 Å². The molecule has 0 saturated carbocycles. The number of carbonyl (C=O) groups is 1. The number of primary amides is 1. The van der Waals surface area contributed by atoms with Crippen LogP contribution in [0.4, 0.5) is 0 Å². The van der Waals surface area contributed by atoms with Crippen LogP contribution >= 0.6 is 0 Å². The number of hydrogen-bond acceptors (Lipinski definition) is 3. The van der Waals surface area contributed by atoms with Gasteiger partial charge in [0.15, 0.2) is 0 Å². The lowest BCUT2D eigenvalue weighted by Gasteiger charge is -2.21. The van der Waals surface area contributed by atoms with Gasteiger partial charge in [-0.2, -0.15) is 0 Å². The van der Waals surface area contributed by atoms with E-state index in [1.165, 1.54) is 0 Å². The van der Waals surface area contributed by atoms with Crippen LogP contribution in [0.25, 0.3) is 0 Å². The number of rotatable bonds is 7. The van der Waals surface area contributed by atoms with Gasteiger partial charge < -0.3 is 10.5 Å². The zero-order valence-electron chi connectivity index (χ0n) is 9.58. The topological polar surface area (TPSA) is 55.6 Å². The van der Waals surface area contributed by atoms with E-state index in [1.807, 2.05) is 0 Å². The second-order valence-corrected chi connectivity index (χ2v) is 4.15. The predicted molar refractivity (Wildman–Crippen MR) is 59.5 cm³/mol. The zero-order valence-corrected chi connectivity index (χ0v) is 9.58. The molecule has 0 aromatic heterocycles. The first kappa shape index (κ1) is 12.5. The van der Waals surface area contributed by atoms with Crippen LogP contribution in [-0.2, 0) is 9.53 Å². The van der Waals surface area contributed by atoms with Crippen molar-refractivity contribution in [2.24, 2.45) is 5.73 Å². The molecule has 88 valence electrons. The van der Waals surface area contributed by atoms with Gasteiger partial charge in [0.1, 0.15) is 0 Å². The fraction of sp³-hybridized carbons (Fsp3) is 0.909. The van der Waals surface area contributed by atoms with Gasteiger partial charge >= 0.3 is 0 Å². The molecule has 4 nitrogen and oxygen atoms in total. The molecule has 0 aromatic carbocycles. The molecule has 0 bridgehead atoms. The van der Waals surface area contributed by atoms with Gasteiger partial charge in [-0.1, -0.05) is 0 Å². The van der Waals surface area contributed by atoms with Crippen LogP contribution in [-0.4, -0.2) is 43.7 Å². The van der Waals surface area contributed by atoms with Crippen molar-refractivity contribution in [1.29, 1.82) is 0 Å². The average Bonchev–Trinajstić information content (AvgIpc) is 2.66. The van der Waals surface area contributed by atoms with Gasteiger partial charge in [0.25, 0.3) is 0 Å². The van der Waals surface area contributed by atoms with Crippen LogP contribution in [0.5, 0.6) is 0 Å². The summed E-state index contributed by atoms with van der Waals surface area (Å²) in [5.74, 6) is -0.163. The highest BCUT2D eigenvalue weighted by Gasteiger charge is 2.27. The van der Waals surface area contributed by atoms with E-state index in [-0.39, 0.29) is 11.9 Å². The van der Waals surface area contributed by atoms with E-state index < -0.39 is 0 Å². The van der Waals surface area contributed by atoms with Crippen LogP contribution in [0, 0.1) is 0 Å². The molecule has 1 aliphatic rings. The molecule has 1 unspecified atom stereocenters. The first-order valence-corrected chi connectivity index (χ1v) is 5.78. The Morgan fingerprint density at radius 3 is 2.93 bits per heavy atom. The molecule has 1 saturated heterocycles. The number of carbonyl (C=O) groups excluding carboxylic acids is 1. The van der Waals surface area contributed by atoms with Gasteiger partial charge in [-0.05, 0) is 45.2 Å². The zero-order chi connectivity index (χ0) is 11.1. The van der Waals surface area contributed by atoms with Crippen molar-refractivity contribution in [2.75, 3.05) is 26.8 Å². The number of methoxy groups -OCH3 is 1. The van der Waals surface area contributed by atoms with E-state index in [0.29, 0.717) is 0 Å². The predicted octanol–water partition coefficient (Wildman–Crippen LogP) is 0.753. The van der Waals surface area contributed by atoms with Crippen molar-refractivity contribution in [3.05, 3.63) is 0 Å². The van der Waals surface area contributed by atoms with Crippen LogP contribution in [0.2, 0.25) is 0 Å². The first-order chi connectivity index (χ1) is 7.25. The maximum Gasteiger partial charge on any atom is 0.234 e. The molecule has 2 N–H and O–H groups in total. The van der Waals surface area contributed by atoms with E-state index in [9.17, 15) is 4.79 Å². The number of ether oxygens (including phenoxy) is 1. The minimum absolute atomic E-state index is 0.00701. The summed E-state index contributed by atoms with van der Waals surface area (Å²) in [6.07, 6.45) is 5.44. The fourth-order valence-corrected chi connectivity index (χ4v) is 2.15. The highest BCUT2D eigenvalue weighted by atomic mass is 16.5. The normalized spacial score (nSPS) is 22.1. The largest absolute Gasteiger partial charge is 0.385 e. The minimum Gasteiger partial charge on any atom is -0.385 e. The summed E-state index contributed by atoms with van der Waals surface area (Å²) in [6, 6.07) is -0.00701. The number of amides is 1. The van der Waals surface area contributed by atoms with Gasteiger partial charge in [-0.15, -0.1) is 0 Å². The van der Waals surface area contributed by atoms with Crippen molar-refractivity contribution in [3.63, 3.8) is 0 Å². The fourth-order valence-electron chi connectivity index (χ4n) is 2.15. The second kappa shape index (κ2) is 6.80. The maximum atomic E-state index is 11.1. The van der Waals surface area contributed by atoms with Crippen molar-refractivity contribution >= 4 is 5.91 Å². The Balaban J connectivity index is 2.12. The Bertz CT molecular complexity index is 197. The summed E-state index contributed by atoms with van der Waals surface area (Å²) in [6.45, 7) is 2.86. The molecule has 1 fully saturated rings. The van der Waals surface area contributed by atoms with Gasteiger partial charge in [-0.25, -0.2) is 0 Å². The molecule has 0 radical (unpaired) electrons. The van der Waals surface area contributed by atoms with Crippen molar-refractivity contribution < 1.29 is 9.53 Å². The third-order valence-corrected chi connectivity index (χ3v) is 2.99. The van der Waals surface area contributed by atoms with E-state index in [1.54, 1.807) is 7.11 Å². The monoisotopic (exact) mass is 214 g/mol. The third kappa shape index (κ3) is 4.18. The molecule has 1 rings (SSSR count). The molecule has 0 spiro atoms. The average molecular weight is 214 g/mol. The molecule has 1 heterocycles. The number of hydrogen-bond donors (Lipinski definition) is 1. The van der Waals surface area contributed by atoms with Crippen molar-refractivity contribution in [2.45, 2.75) is 38.1 Å². The summed E-state index contributed by atoms with van der Waals surface area (Å²) in [5, 5.41) is 0. The lowest BCUT2D eigenvalue weighted by atomic mass is 10.2. The smallest absolute Gasteiger partial charge is 0.234 e. The highest BCUT2D eigenvalue weighted by molar-refractivity contribution is 5.80. The minimum atomic E-state index is -0.163. The SMILES string of the molecule is COCCCCCN1CCCC1C(N)=O. The van der Waals surface area contributed by atoms with Crippen molar-refractivity contribution in [3.8, 4) is 0 Å². The first-order valence-electron chi connectivity index (χ1n) is 5.78. The van der Waals surface area contributed by atoms with Crippen LogP contribution < -0.4 is 5.73 Å². The lowest BCUT2D eigenvalue weighted by Crippen LogP contribution is -2.40. The Kier molecular flexibility index (Phi) is 5.65. The van der Waals surface area contributed by atoms with Gasteiger partial charge in [0, 0.05) is 13.7 Å². The summed E-state index contributed by atoms with van der Waals surface area (Å²) in [5.41, 5.74) is 5.34. The molecule has 0 aliphatic carbocycles. The molecule has 1 amide bonds. The molecule has 15 heavy (non-hydrogen) atoms. The van der Waals surface area contributed by atoms with Gasteiger partial charge in [-0.3, -0.25) is 9.69 Å². The highest BCUT2D eigenvalue weighted by Crippen LogP contribution is 2.17. The Hall–Kier alpha value is -0.610. The van der Waals surface area contributed by atoms with E-state index in [0.717, 1.165) is 51.8 Å². The van der Waals surface area contributed by atoms with Gasteiger partial charge in [0.05, 0.1) is 6.04 Å². The second-order valence-electron chi connectivity index (χ2n) is 4.15. The Morgan fingerprint density at radius 2 is 2.27 bits per heavy atom. The Labute approximate surface area is 91.8 Å². The lowest BCUT2D eigenvalue weighted by molar-refractivity contribution is -0.122. The van der Waals surface area contributed by atoms with Gasteiger partial charge in [0.2, 0.25) is 5.91 Å². The summed E-state index contributed by atoms with van der Waals surface area (Å²) in [7, 11) is 1.73. The molecular formula is C11H22N2O2. The molecule has 1 atom stereocenters. The van der Waals surface area contributed by atoms with Crippen LogP contribution in [0.3, 0.4) is 0 Å². The number of likely N-dealkylation sites (tertiary alicyclic amines) is 1. The van der Waals surface area contributed by atoms with E-state index >= 15 is 0 Å². The van der Waals surface area contributed by atoms with E-state index in [2.05, 4.69) is 4.90 Å². The summed E-state index contributed by atoms with van der Waals surface area (Å²) in [4.78, 5) is 13.3. The Morgan fingerprint density at radius 1 is 1.47 bits per heavy atom. The molecular weight excluding hydrogens is 192 g/mol. The molecule has 1 aliphatic heterocycles. The third-order valence-electron chi connectivity index (χ3n) is 2.99.